The van der Waals surface area contributed by atoms with E-state index in [0.29, 0.717) is 12.0 Å². The van der Waals surface area contributed by atoms with Crippen LogP contribution in [0.2, 0.25) is 0 Å². The van der Waals surface area contributed by atoms with Crippen LogP contribution in [0.4, 0.5) is 4.39 Å². The smallest absolute Gasteiger partial charge is 0.126 e. The molecule has 0 saturated heterocycles. The topological polar surface area (TPSA) is 20.2 Å². The summed E-state index contributed by atoms with van der Waals surface area (Å²) in [5, 5.41) is 10.2. The third-order valence-electron chi connectivity index (χ3n) is 3.08. The SMILES string of the molecule is CC(O)(Cc1ccccc1F)C1CC1(Cl)Cl. The average molecular weight is 263 g/mol. The summed E-state index contributed by atoms with van der Waals surface area (Å²) < 4.78 is 12.6. The van der Waals surface area contributed by atoms with Crippen molar-refractivity contribution in [2.75, 3.05) is 0 Å². The van der Waals surface area contributed by atoms with Crippen LogP contribution in [-0.4, -0.2) is 15.0 Å². The van der Waals surface area contributed by atoms with Crippen molar-refractivity contribution >= 4 is 23.2 Å². The highest BCUT2D eigenvalue weighted by Gasteiger charge is 2.60. The molecule has 1 N–H and O–H groups in total. The van der Waals surface area contributed by atoms with Crippen molar-refractivity contribution in [1.29, 1.82) is 0 Å². The molecule has 1 fully saturated rings. The third kappa shape index (κ3) is 2.34. The van der Waals surface area contributed by atoms with E-state index in [1.165, 1.54) is 6.07 Å². The van der Waals surface area contributed by atoms with E-state index < -0.39 is 9.93 Å². The molecule has 1 aliphatic rings. The summed E-state index contributed by atoms with van der Waals surface area (Å²) in [5.74, 6) is -0.499. The fourth-order valence-corrected chi connectivity index (χ4v) is 2.82. The first-order valence-electron chi connectivity index (χ1n) is 5.16. The normalized spacial score (nSPS) is 26.2. The monoisotopic (exact) mass is 262 g/mol. The lowest BCUT2D eigenvalue weighted by atomic mass is 9.91. The minimum absolute atomic E-state index is 0.192. The molecule has 1 nitrogen and oxygen atoms in total. The van der Waals surface area contributed by atoms with Crippen LogP contribution in [0, 0.1) is 11.7 Å². The second kappa shape index (κ2) is 3.86. The van der Waals surface area contributed by atoms with E-state index in [0.717, 1.165) is 0 Å². The van der Waals surface area contributed by atoms with Gasteiger partial charge in [-0.25, -0.2) is 4.39 Å². The maximum absolute atomic E-state index is 13.4. The molecule has 88 valence electrons. The first kappa shape index (κ1) is 12.2. The van der Waals surface area contributed by atoms with Crippen LogP contribution < -0.4 is 0 Å². The van der Waals surface area contributed by atoms with E-state index in [9.17, 15) is 9.50 Å². The first-order chi connectivity index (χ1) is 7.33. The van der Waals surface area contributed by atoms with Gasteiger partial charge in [0.1, 0.15) is 10.2 Å². The van der Waals surface area contributed by atoms with Crippen molar-refractivity contribution in [3.63, 3.8) is 0 Å². The number of halogens is 3. The molecule has 2 atom stereocenters. The van der Waals surface area contributed by atoms with Gasteiger partial charge < -0.3 is 5.11 Å². The Hall–Kier alpha value is -0.310. The molecule has 4 heteroatoms. The quantitative estimate of drug-likeness (QED) is 0.829. The maximum Gasteiger partial charge on any atom is 0.126 e. The molecule has 2 unspecified atom stereocenters. The van der Waals surface area contributed by atoms with E-state index in [1.807, 2.05) is 0 Å². The van der Waals surface area contributed by atoms with Gasteiger partial charge in [0.25, 0.3) is 0 Å². The predicted molar refractivity (Wildman–Crippen MR) is 63.3 cm³/mol. The molecule has 0 bridgehead atoms. The number of benzene rings is 1. The molecule has 0 aliphatic heterocycles. The Balaban J connectivity index is 2.13. The van der Waals surface area contributed by atoms with Crippen molar-refractivity contribution in [3.8, 4) is 0 Å². The molecular formula is C12H13Cl2FO. The van der Waals surface area contributed by atoms with Crippen LogP contribution in [0.3, 0.4) is 0 Å². The van der Waals surface area contributed by atoms with Crippen molar-refractivity contribution in [2.45, 2.75) is 29.7 Å². The van der Waals surface area contributed by atoms with Gasteiger partial charge in [-0.3, -0.25) is 0 Å². The summed E-state index contributed by atoms with van der Waals surface area (Å²) in [6, 6.07) is 6.41. The second-order valence-corrected chi connectivity index (χ2v) is 6.19. The summed E-state index contributed by atoms with van der Waals surface area (Å²) in [6.45, 7) is 1.65. The third-order valence-corrected chi connectivity index (χ3v) is 3.92. The Bertz CT molecular complexity index is 404. The fraction of sp³-hybridized carbons (Fsp3) is 0.500. The molecule has 1 aromatic carbocycles. The molecule has 0 amide bonds. The van der Waals surface area contributed by atoms with E-state index >= 15 is 0 Å². The molecule has 0 spiro atoms. The highest BCUT2D eigenvalue weighted by atomic mass is 35.5. The largest absolute Gasteiger partial charge is 0.389 e. The summed E-state index contributed by atoms with van der Waals surface area (Å²) in [7, 11) is 0. The van der Waals surface area contributed by atoms with Gasteiger partial charge in [-0.05, 0) is 25.0 Å². The zero-order valence-corrected chi connectivity index (χ0v) is 10.4. The Morgan fingerprint density at radius 3 is 2.56 bits per heavy atom. The molecule has 2 rings (SSSR count). The molecule has 0 heterocycles. The molecule has 1 aromatic rings. The predicted octanol–water partition coefficient (Wildman–Crippen LogP) is 3.31. The van der Waals surface area contributed by atoms with Gasteiger partial charge in [0, 0.05) is 12.3 Å². The highest BCUT2D eigenvalue weighted by molar-refractivity contribution is 6.51. The Kier molecular flexibility index (Phi) is 2.94. The summed E-state index contributed by atoms with van der Waals surface area (Å²) in [6.07, 6.45) is 0.781. The summed E-state index contributed by atoms with van der Waals surface area (Å²) >= 11 is 11.8. The lowest BCUT2D eigenvalue weighted by molar-refractivity contribution is 0.0355. The summed E-state index contributed by atoms with van der Waals surface area (Å²) in [5.41, 5.74) is -0.574. The number of rotatable bonds is 3. The van der Waals surface area contributed by atoms with Gasteiger partial charge in [0.15, 0.2) is 0 Å². The minimum atomic E-state index is -1.06. The number of hydrogen-bond donors (Lipinski definition) is 1. The Morgan fingerprint density at radius 1 is 1.50 bits per heavy atom. The van der Waals surface area contributed by atoms with E-state index in [1.54, 1.807) is 25.1 Å². The van der Waals surface area contributed by atoms with Crippen molar-refractivity contribution in [2.24, 2.45) is 5.92 Å². The lowest BCUT2D eigenvalue weighted by Crippen LogP contribution is -2.32. The van der Waals surface area contributed by atoms with Crippen molar-refractivity contribution in [1.82, 2.24) is 0 Å². The minimum Gasteiger partial charge on any atom is -0.389 e. The molecular weight excluding hydrogens is 250 g/mol. The van der Waals surface area contributed by atoms with Crippen LogP contribution in [-0.2, 0) is 6.42 Å². The van der Waals surface area contributed by atoms with Crippen LogP contribution in [0.25, 0.3) is 0 Å². The molecule has 0 radical (unpaired) electrons. The summed E-state index contributed by atoms with van der Waals surface area (Å²) in [4.78, 5) is 0. The van der Waals surface area contributed by atoms with Gasteiger partial charge in [-0.2, -0.15) is 0 Å². The highest BCUT2D eigenvalue weighted by Crippen LogP contribution is 2.58. The van der Waals surface area contributed by atoms with Gasteiger partial charge >= 0.3 is 0 Å². The molecule has 16 heavy (non-hydrogen) atoms. The Morgan fingerprint density at radius 2 is 2.06 bits per heavy atom. The van der Waals surface area contributed by atoms with Gasteiger partial charge in [-0.15, -0.1) is 23.2 Å². The maximum atomic E-state index is 13.4. The van der Waals surface area contributed by atoms with Gasteiger partial charge in [-0.1, -0.05) is 18.2 Å². The number of aliphatic hydroxyl groups is 1. The van der Waals surface area contributed by atoms with Gasteiger partial charge in [0.2, 0.25) is 0 Å². The fourth-order valence-electron chi connectivity index (χ4n) is 2.04. The van der Waals surface area contributed by atoms with Crippen LogP contribution in [0.5, 0.6) is 0 Å². The van der Waals surface area contributed by atoms with Crippen molar-refractivity contribution in [3.05, 3.63) is 35.6 Å². The standard InChI is InChI=1S/C12H13Cl2FO/c1-11(16,10-7-12(10,13)14)6-8-4-2-3-5-9(8)15/h2-5,10,16H,6-7H2,1H3. The van der Waals surface area contributed by atoms with Crippen LogP contribution in [0.1, 0.15) is 18.9 Å². The number of hydrogen-bond acceptors (Lipinski definition) is 1. The Labute approximate surface area is 104 Å². The zero-order chi connectivity index (χ0) is 12.0. The van der Waals surface area contributed by atoms with E-state index in [-0.39, 0.29) is 18.2 Å². The molecule has 1 saturated carbocycles. The van der Waals surface area contributed by atoms with Crippen LogP contribution in [0.15, 0.2) is 24.3 Å². The average Bonchev–Trinajstić information content (AvgIpc) is 2.80. The van der Waals surface area contributed by atoms with Crippen molar-refractivity contribution < 1.29 is 9.50 Å². The lowest BCUT2D eigenvalue weighted by Gasteiger charge is -2.24. The first-order valence-corrected chi connectivity index (χ1v) is 5.92. The van der Waals surface area contributed by atoms with Crippen LogP contribution >= 0.6 is 23.2 Å². The van der Waals surface area contributed by atoms with E-state index in [4.69, 9.17) is 23.2 Å². The molecule has 0 aromatic heterocycles. The molecule has 1 aliphatic carbocycles. The number of alkyl halides is 2. The van der Waals surface area contributed by atoms with E-state index in [2.05, 4.69) is 0 Å². The zero-order valence-electron chi connectivity index (χ0n) is 8.88. The van der Waals surface area contributed by atoms with Gasteiger partial charge in [0.05, 0.1) is 5.60 Å². The second-order valence-electron chi connectivity index (χ2n) is 4.64.